The molecule has 1 unspecified atom stereocenters. The summed E-state index contributed by atoms with van der Waals surface area (Å²) in [7, 11) is 0. The molecular formula is C17H23BrN2S. The molecule has 21 heavy (non-hydrogen) atoms. The van der Waals surface area contributed by atoms with Gasteiger partial charge in [-0.1, -0.05) is 28.1 Å². The molecule has 1 aromatic carbocycles. The van der Waals surface area contributed by atoms with Gasteiger partial charge in [0.2, 0.25) is 0 Å². The minimum atomic E-state index is 0.136. The first-order valence-corrected chi connectivity index (χ1v) is 8.86. The van der Waals surface area contributed by atoms with E-state index in [4.69, 9.17) is 0 Å². The van der Waals surface area contributed by atoms with Crippen LogP contribution < -0.4 is 5.32 Å². The molecule has 1 heterocycles. The zero-order valence-corrected chi connectivity index (χ0v) is 15.5. The Kier molecular flexibility index (Phi) is 5.58. The van der Waals surface area contributed by atoms with Gasteiger partial charge in [-0.05, 0) is 51.8 Å². The molecule has 0 aliphatic carbocycles. The predicted molar refractivity (Wildman–Crippen MR) is 95.2 cm³/mol. The van der Waals surface area contributed by atoms with Crippen LogP contribution in [0, 0.1) is 6.92 Å². The normalized spacial score (nSPS) is 13.4. The van der Waals surface area contributed by atoms with Crippen molar-refractivity contribution in [2.45, 2.75) is 45.6 Å². The largest absolute Gasteiger partial charge is 0.311 e. The molecule has 0 amide bonds. The van der Waals surface area contributed by atoms with E-state index < -0.39 is 0 Å². The number of aryl methyl sites for hydroxylation is 1. The first kappa shape index (κ1) is 16.7. The maximum absolute atomic E-state index is 4.38. The van der Waals surface area contributed by atoms with E-state index in [9.17, 15) is 0 Å². The van der Waals surface area contributed by atoms with Crippen LogP contribution in [0.3, 0.4) is 0 Å². The fraction of sp³-hybridized carbons (Fsp3) is 0.471. The molecular weight excluding hydrogens is 344 g/mol. The Bertz CT molecular complexity index is 569. The van der Waals surface area contributed by atoms with Gasteiger partial charge in [-0.15, -0.1) is 11.3 Å². The zero-order valence-electron chi connectivity index (χ0n) is 13.1. The Morgan fingerprint density at radius 2 is 1.90 bits per heavy atom. The Morgan fingerprint density at radius 3 is 2.43 bits per heavy atom. The third kappa shape index (κ3) is 5.53. The average Bonchev–Trinajstić information content (AvgIpc) is 2.80. The zero-order chi connectivity index (χ0) is 15.5. The first-order chi connectivity index (χ1) is 9.83. The molecule has 0 fully saturated rings. The number of halogens is 1. The number of aromatic nitrogens is 1. The van der Waals surface area contributed by atoms with Crippen molar-refractivity contribution in [1.82, 2.24) is 10.3 Å². The average molecular weight is 367 g/mol. The molecule has 1 atom stereocenters. The van der Waals surface area contributed by atoms with Gasteiger partial charge >= 0.3 is 0 Å². The van der Waals surface area contributed by atoms with Crippen LogP contribution in [0.4, 0.5) is 0 Å². The van der Waals surface area contributed by atoms with E-state index in [2.05, 4.69) is 78.2 Å². The maximum Gasteiger partial charge on any atom is 0.0896 e. The lowest BCUT2D eigenvalue weighted by molar-refractivity contribution is 0.405. The molecule has 4 heteroatoms. The van der Waals surface area contributed by atoms with E-state index in [1.165, 1.54) is 10.4 Å². The highest BCUT2D eigenvalue weighted by molar-refractivity contribution is 9.10. The number of nitrogens with zero attached hydrogens (tertiary/aromatic N) is 1. The summed E-state index contributed by atoms with van der Waals surface area (Å²) < 4.78 is 1.13. The van der Waals surface area contributed by atoms with Gasteiger partial charge in [-0.2, -0.15) is 0 Å². The highest BCUT2D eigenvalue weighted by Gasteiger charge is 2.17. The molecule has 2 rings (SSSR count). The SMILES string of the molecule is Cc1ncc(CC(CNC(C)(C)C)c2ccc(Br)cc2)s1. The number of thiazole rings is 1. The molecule has 114 valence electrons. The fourth-order valence-electron chi connectivity index (χ4n) is 2.21. The Morgan fingerprint density at radius 1 is 1.24 bits per heavy atom. The molecule has 0 bridgehead atoms. The van der Waals surface area contributed by atoms with Crippen LogP contribution in [0.2, 0.25) is 0 Å². The Hall–Kier alpha value is -0.710. The van der Waals surface area contributed by atoms with E-state index in [1.54, 1.807) is 11.3 Å². The van der Waals surface area contributed by atoms with Crippen molar-refractivity contribution < 1.29 is 0 Å². The molecule has 0 aliphatic heterocycles. The molecule has 0 radical (unpaired) electrons. The first-order valence-electron chi connectivity index (χ1n) is 7.25. The summed E-state index contributed by atoms with van der Waals surface area (Å²) in [5, 5.41) is 4.78. The van der Waals surface area contributed by atoms with E-state index >= 15 is 0 Å². The van der Waals surface area contributed by atoms with E-state index in [-0.39, 0.29) is 5.54 Å². The number of hydrogen-bond donors (Lipinski definition) is 1. The van der Waals surface area contributed by atoms with Gasteiger partial charge in [0.15, 0.2) is 0 Å². The lowest BCUT2D eigenvalue weighted by Crippen LogP contribution is -2.39. The summed E-state index contributed by atoms with van der Waals surface area (Å²) in [5.41, 5.74) is 1.51. The number of hydrogen-bond acceptors (Lipinski definition) is 3. The Labute approximate surface area is 140 Å². The quantitative estimate of drug-likeness (QED) is 0.811. The second-order valence-electron chi connectivity index (χ2n) is 6.43. The highest BCUT2D eigenvalue weighted by Crippen LogP contribution is 2.25. The summed E-state index contributed by atoms with van der Waals surface area (Å²) in [6.45, 7) is 9.67. The van der Waals surface area contributed by atoms with Gasteiger partial charge in [-0.25, -0.2) is 4.98 Å². The summed E-state index contributed by atoms with van der Waals surface area (Å²) in [6.07, 6.45) is 3.05. The van der Waals surface area contributed by atoms with Crippen molar-refractivity contribution in [2.24, 2.45) is 0 Å². The molecule has 0 aliphatic rings. The topological polar surface area (TPSA) is 24.9 Å². The summed E-state index contributed by atoms with van der Waals surface area (Å²) in [6, 6.07) is 8.68. The van der Waals surface area contributed by atoms with Gasteiger partial charge in [-0.3, -0.25) is 0 Å². The third-order valence-corrected chi connectivity index (χ3v) is 4.80. The van der Waals surface area contributed by atoms with Crippen LogP contribution in [0.1, 0.15) is 42.1 Å². The van der Waals surface area contributed by atoms with Gasteiger partial charge in [0.05, 0.1) is 5.01 Å². The molecule has 1 N–H and O–H groups in total. The highest BCUT2D eigenvalue weighted by atomic mass is 79.9. The fourth-order valence-corrected chi connectivity index (χ4v) is 3.35. The van der Waals surface area contributed by atoms with E-state index in [0.717, 1.165) is 22.4 Å². The number of benzene rings is 1. The van der Waals surface area contributed by atoms with Gasteiger partial charge in [0.25, 0.3) is 0 Å². The van der Waals surface area contributed by atoms with Crippen LogP contribution in [-0.2, 0) is 6.42 Å². The van der Waals surface area contributed by atoms with Crippen molar-refractivity contribution in [3.63, 3.8) is 0 Å². The van der Waals surface area contributed by atoms with Crippen molar-refractivity contribution in [2.75, 3.05) is 6.54 Å². The molecule has 2 nitrogen and oxygen atoms in total. The summed E-state index contributed by atoms with van der Waals surface area (Å²) >= 11 is 5.31. The second kappa shape index (κ2) is 7.03. The summed E-state index contributed by atoms with van der Waals surface area (Å²) in [5.74, 6) is 0.470. The van der Waals surface area contributed by atoms with E-state index in [1.807, 2.05) is 6.20 Å². The van der Waals surface area contributed by atoms with Crippen LogP contribution in [0.5, 0.6) is 0 Å². The van der Waals surface area contributed by atoms with Gasteiger partial charge in [0, 0.05) is 33.5 Å². The minimum Gasteiger partial charge on any atom is -0.311 e. The third-order valence-electron chi connectivity index (χ3n) is 3.34. The van der Waals surface area contributed by atoms with Crippen LogP contribution >= 0.6 is 27.3 Å². The Balaban J connectivity index is 2.15. The van der Waals surface area contributed by atoms with Gasteiger partial charge < -0.3 is 5.32 Å². The molecule has 0 spiro atoms. The van der Waals surface area contributed by atoms with Crippen molar-refractivity contribution >= 4 is 27.3 Å². The van der Waals surface area contributed by atoms with Crippen molar-refractivity contribution in [3.05, 3.63) is 50.4 Å². The van der Waals surface area contributed by atoms with Crippen LogP contribution in [0.25, 0.3) is 0 Å². The molecule has 0 saturated carbocycles. The maximum atomic E-state index is 4.38. The monoisotopic (exact) mass is 366 g/mol. The van der Waals surface area contributed by atoms with E-state index in [0.29, 0.717) is 5.92 Å². The molecule has 0 saturated heterocycles. The lowest BCUT2D eigenvalue weighted by atomic mass is 9.94. The molecule has 2 aromatic rings. The standard InChI is InChI=1S/C17H23BrN2S/c1-12-19-11-16(21-12)9-14(10-20-17(2,3)4)13-5-7-15(18)8-6-13/h5-8,11,14,20H,9-10H2,1-4H3. The predicted octanol–water partition coefficient (Wildman–Crippen LogP) is 4.93. The van der Waals surface area contributed by atoms with Crippen molar-refractivity contribution in [1.29, 1.82) is 0 Å². The number of rotatable bonds is 5. The summed E-state index contributed by atoms with van der Waals surface area (Å²) in [4.78, 5) is 5.73. The second-order valence-corrected chi connectivity index (χ2v) is 8.66. The number of nitrogens with one attached hydrogen (secondary N) is 1. The minimum absolute atomic E-state index is 0.136. The van der Waals surface area contributed by atoms with Gasteiger partial charge in [0.1, 0.15) is 0 Å². The lowest BCUT2D eigenvalue weighted by Gasteiger charge is -2.25. The van der Waals surface area contributed by atoms with Crippen LogP contribution in [-0.4, -0.2) is 17.1 Å². The van der Waals surface area contributed by atoms with Crippen LogP contribution in [0.15, 0.2) is 34.9 Å². The smallest absolute Gasteiger partial charge is 0.0896 e. The molecule has 1 aromatic heterocycles. The van der Waals surface area contributed by atoms with Crippen molar-refractivity contribution in [3.8, 4) is 0 Å².